The third kappa shape index (κ3) is 4.62. The molecule has 1 aromatic carbocycles. The largest absolute Gasteiger partial charge is 0.300 e. The van der Waals surface area contributed by atoms with Crippen LogP contribution in [0.25, 0.3) is 11.4 Å². The molecule has 0 amide bonds. The van der Waals surface area contributed by atoms with Crippen molar-refractivity contribution in [2.24, 2.45) is 0 Å². The van der Waals surface area contributed by atoms with Crippen LogP contribution in [-0.4, -0.2) is 51.8 Å². The Kier molecular flexibility index (Phi) is 6.40. The highest BCUT2D eigenvalue weighted by Gasteiger charge is 2.32. The van der Waals surface area contributed by atoms with Gasteiger partial charge in [0.2, 0.25) is 0 Å². The molecule has 1 aliphatic heterocycles. The van der Waals surface area contributed by atoms with Gasteiger partial charge in [0.1, 0.15) is 0 Å². The first kappa shape index (κ1) is 20.5. The number of aromatic nitrogens is 3. The van der Waals surface area contributed by atoms with Crippen molar-refractivity contribution >= 4 is 33.7 Å². The zero-order valence-corrected chi connectivity index (χ0v) is 18.0. The quantitative estimate of drug-likeness (QED) is 0.630. The molecule has 1 aromatic heterocycles. The summed E-state index contributed by atoms with van der Waals surface area (Å²) in [6.07, 6.45) is 1.62. The molecule has 27 heavy (non-hydrogen) atoms. The van der Waals surface area contributed by atoms with E-state index in [1.165, 1.54) is 0 Å². The fourth-order valence-electron chi connectivity index (χ4n) is 3.52. The molecule has 9 heteroatoms. The summed E-state index contributed by atoms with van der Waals surface area (Å²) in [5, 5.41) is 5.43. The van der Waals surface area contributed by atoms with Crippen LogP contribution in [0.2, 0.25) is 5.02 Å². The van der Waals surface area contributed by atoms with Gasteiger partial charge in [-0.1, -0.05) is 18.5 Å². The van der Waals surface area contributed by atoms with Gasteiger partial charge in [-0.3, -0.25) is 4.90 Å². The highest BCUT2D eigenvalue weighted by molar-refractivity contribution is 7.91. The lowest BCUT2D eigenvalue weighted by Gasteiger charge is -2.27. The minimum Gasteiger partial charge on any atom is -0.300 e. The van der Waals surface area contributed by atoms with Crippen LogP contribution in [0.1, 0.15) is 26.7 Å². The van der Waals surface area contributed by atoms with E-state index < -0.39 is 9.84 Å². The fraction of sp³-hybridized carbons (Fsp3) is 0.556. The molecule has 0 radical (unpaired) electrons. The van der Waals surface area contributed by atoms with E-state index in [-0.39, 0.29) is 17.5 Å². The van der Waals surface area contributed by atoms with Crippen LogP contribution in [0.3, 0.4) is 0 Å². The highest BCUT2D eigenvalue weighted by Crippen LogP contribution is 2.23. The van der Waals surface area contributed by atoms with E-state index >= 15 is 0 Å². The number of hydrogen-bond donors (Lipinski definition) is 0. The standard InChI is InChI=1S/C18H25ClN4O2S2/c1-3-10-21(16-9-11-27(24,25)12-16)13-23-18(26)22(4-2)17(20-23)14-5-7-15(19)8-6-14/h5-8,16H,3-4,9-13H2,1-2H3/t16-/m0/s1. The van der Waals surface area contributed by atoms with E-state index in [1.807, 2.05) is 40.4 Å². The zero-order valence-electron chi connectivity index (χ0n) is 15.6. The Morgan fingerprint density at radius 2 is 2.00 bits per heavy atom. The van der Waals surface area contributed by atoms with Gasteiger partial charge in [0.15, 0.2) is 20.4 Å². The number of sulfone groups is 1. The SMILES string of the molecule is CCCN(Cn1nc(-c2ccc(Cl)cc2)n(CC)c1=S)[C@H]1CCS(=O)(=O)C1. The molecule has 2 heterocycles. The van der Waals surface area contributed by atoms with Crippen LogP contribution < -0.4 is 0 Å². The molecular weight excluding hydrogens is 404 g/mol. The summed E-state index contributed by atoms with van der Waals surface area (Å²) in [5.41, 5.74) is 0.955. The van der Waals surface area contributed by atoms with Gasteiger partial charge in [0.05, 0.1) is 18.2 Å². The summed E-state index contributed by atoms with van der Waals surface area (Å²) < 4.78 is 28.2. The summed E-state index contributed by atoms with van der Waals surface area (Å²) in [5.74, 6) is 1.29. The van der Waals surface area contributed by atoms with Crippen molar-refractivity contribution in [3.63, 3.8) is 0 Å². The van der Waals surface area contributed by atoms with Gasteiger partial charge in [-0.2, -0.15) is 5.10 Å². The molecule has 0 saturated carbocycles. The van der Waals surface area contributed by atoms with Crippen molar-refractivity contribution in [2.45, 2.75) is 45.9 Å². The van der Waals surface area contributed by atoms with E-state index in [0.717, 1.165) is 24.4 Å². The number of benzene rings is 1. The monoisotopic (exact) mass is 428 g/mol. The summed E-state index contributed by atoms with van der Waals surface area (Å²) in [4.78, 5) is 2.19. The van der Waals surface area contributed by atoms with Crippen molar-refractivity contribution in [1.29, 1.82) is 0 Å². The smallest absolute Gasteiger partial charge is 0.199 e. The second-order valence-corrected chi connectivity index (χ2v) is 9.90. The van der Waals surface area contributed by atoms with Gasteiger partial charge < -0.3 is 4.57 Å². The van der Waals surface area contributed by atoms with Crippen LogP contribution in [0.15, 0.2) is 24.3 Å². The van der Waals surface area contributed by atoms with E-state index in [4.69, 9.17) is 28.9 Å². The first-order chi connectivity index (χ1) is 12.8. The molecule has 6 nitrogen and oxygen atoms in total. The fourth-order valence-corrected chi connectivity index (χ4v) is 5.72. The molecule has 1 saturated heterocycles. The third-order valence-corrected chi connectivity index (χ3v) is 7.33. The van der Waals surface area contributed by atoms with Crippen molar-refractivity contribution < 1.29 is 8.42 Å². The van der Waals surface area contributed by atoms with Crippen molar-refractivity contribution in [2.75, 3.05) is 18.1 Å². The van der Waals surface area contributed by atoms with Crippen molar-refractivity contribution in [1.82, 2.24) is 19.2 Å². The Morgan fingerprint density at radius 1 is 1.30 bits per heavy atom. The van der Waals surface area contributed by atoms with Gasteiger partial charge in [-0.25, -0.2) is 13.1 Å². The van der Waals surface area contributed by atoms with E-state index in [1.54, 1.807) is 0 Å². The predicted octanol–water partition coefficient (Wildman–Crippen LogP) is 3.61. The second-order valence-electron chi connectivity index (χ2n) is 6.87. The molecule has 1 atom stereocenters. The normalized spacial score (nSPS) is 19.0. The number of halogens is 1. The molecule has 0 spiro atoms. The van der Waals surface area contributed by atoms with Gasteiger partial charge >= 0.3 is 0 Å². The number of rotatable bonds is 7. The molecule has 148 valence electrons. The predicted molar refractivity (Wildman–Crippen MR) is 111 cm³/mol. The van der Waals surface area contributed by atoms with Crippen LogP contribution in [-0.2, 0) is 23.1 Å². The topological polar surface area (TPSA) is 60.1 Å². The van der Waals surface area contributed by atoms with Crippen molar-refractivity contribution in [3.05, 3.63) is 34.1 Å². The summed E-state index contributed by atoms with van der Waals surface area (Å²) in [6.45, 7) is 6.16. The van der Waals surface area contributed by atoms with Crippen molar-refractivity contribution in [3.8, 4) is 11.4 Å². The maximum Gasteiger partial charge on any atom is 0.199 e. The Balaban J connectivity index is 1.91. The number of hydrogen-bond acceptors (Lipinski definition) is 5. The van der Waals surface area contributed by atoms with Crippen LogP contribution in [0.4, 0.5) is 0 Å². The molecule has 0 unspecified atom stereocenters. The first-order valence-corrected chi connectivity index (χ1v) is 11.8. The molecule has 1 aliphatic rings. The van der Waals surface area contributed by atoms with E-state index in [0.29, 0.717) is 29.4 Å². The lowest BCUT2D eigenvalue weighted by Crippen LogP contribution is -2.38. The van der Waals surface area contributed by atoms with Gasteiger partial charge in [-0.05, 0) is 62.8 Å². The average molecular weight is 429 g/mol. The Labute approximate surface area is 170 Å². The second kappa shape index (κ2) is 8.43. The van der Waals surface area contributed by atoms with E-state index in [9.17, 15) is 8.42 Å². The molecule has 3 rings (SSSR count). The lowest BCUT2D eigenvalue weighted by molar-refractivity contribution is 0.155. The summed E-state index contributed by atoms with van der Waals surface area (Å²) in [6, 6.07) is 7.58. The summed E-state index contributed by atoms with van der Waals surface area (Å²) >= 11 is 11.7. The Bertz CT molecular complexity index is 951. The Morgan fingerprint density at radius 3 is 2.56 bits per heavy atom. The van der Waals surface area contributed by atoms with Gasteiger partial charge in [0.25, 0.3) is 0 Å². The molecule has 0 aliphatic carbocycles. The van der Waals surface area contributed by atoms with E-state index in [2.05, 4.69) is 11.8 Å². The maximum atomic E-state index is 11.9. The molecular formula is C18H25ClN4O2S2. The minimum absolute atomic E-state index is 0.0302. The Hall–Kier alpha value is -1.22. The van der Waals surface area contributed by atoms with Crippen LogP contribution in [0, 0.1) is 4.77 Å². The molecule has 1 fully saturated rings. The number of nitrogens with zero attached hydrogens (tertiary/aromatic N) is 4. The molecule has 2 aromatic rings. The molecule has 0 N–H and O–H groups in total. The minimum atomic E-state index is -2.93. The highest BCUT2D eigenvalue weighted by atomic mass is 35.5. The van der Waals surface area contributed by atoms with Crippen LogP contribution in [0.5, 0.6) is 0 Å². The molecule has 0 bridgehead atoms. The average Bonchev–Trinajstić information content (AvgIpc) is 3.14. The first-order valence-electron chi connectivity index (χ1n) is 9.22. The van der Waals surface area contributed by atoms with Crippen LogP contribution >= 0.6 is 23.8 Å². The van der Waals surface area contributed by atoms with Gasteiger partial charge in [-0.15, -0.1) is 0 Å². The third-order valence-electron chi connectivity index (χ3n) is 4.89. The zero-order chi connectivity index (χ0) is 19.6. The summed E-state index contributed by atoms with van der Waals surface area (Å²) in [7, 11) is -2.93. The maximum absolute atomic E-state index is 11.9. The van der Waals surface area contributed by atoms with Gasteiger partial charge in [0, 0.05) is 23.2 Å². The lowest BCUT2D eigenvalue weighted by atomic mass is 10.2.